The zero-order valence-electron chi connectivity index (χ0n) is 11.3. The van der Waals surface area contributed by atoms with Crippen molar-refractivity contribution in [2.24, 2.45) is 0 Å². The summed E-state index contributed by atoms with van der Waals surface area (Å²) >= 11 is 0. The van der Waals surface area contributed by atoms with Gasteiger partial charge in [-0.15, -0.1) is 0 Å². The molecule has 2 N–H and O–H groups in total. The maximum atomic E-state index is 5.56. The predicted molar refractivity (Wildman–Crippen MR) is 77.0 cm³/mol. The van der Waals surface area contributed by atoms with Gasteiger partial charge >= 0.3 is 0 Å². The maximum Gasteiger partial charge on any atom is 0.220 e. The number of hydrogen-bond donors (Lipinski definition) is 1. The lowest BCUT2D eigenvalue weighted by molar-refractivity contribution is 0.920. The standard InChI is InChI=1S/C14H14N6/c1-8-7-20-13(17-8)5-4-12(19-20)9(2)11-6-16-14(15)18-10(11)3/h4-7H,2H2,1,3H3,(H2,15,16,18). The smallest absolute Gasteiger partial charge is 0.220 e. The van der Waals surface area contributed by atoms with Crippen LogP contribution in [0.25, 0.3) is 11.2 Å². The van der Waals surface area contributed by atoms with Crippen LogP contribution < -0.4 is 5.73 Å². The van der Waals surface area contributed by atoms with Gasteiger partial charge in [-0.2, -0.15) is 5.10 Å². The van der Waals surface area contributed by atoms with Crippen molar-refractivity contribution in [1.29, 1.82) is 0 Å². The minimum Gasteiger partial charge on any atom is -0.368 e. The van der Waals surface area contributed by atoms with Crippen LogP contribution in [0.15, 0.2) is 31.1 Å². The lowest BCUT2D eigenvalue weighted by atomic mass is 10.1. The van der Waals surface area contributed by atoms with E-state index in [0.717, 1.165) is 33.9 Å². The number of anilines is 1. The van der Waals surface area contributed by atoms with Gasteiger partial charge in [0.2, 0.25) is 5.95 Å². The van der Waals surface area contributed by atoms with Gasteiger partial charge in [-0.25, -0.2) is 19.5 Å². The number of aryl methyl sites for hydroxylation is 2. The molecule has 3 aromatic rings. The first-order valence-electron chi connectivity index (χ1n) is 6.16. The van der Waals surface area contributed by atoms with Crippen molar-refractivity contribution < 1.29 is 0 Å². The van der Waals surface area contributed by atoms with Crippen LogP contribution in [0.1, 0.15) is 22.6 Å². The molecule has 0 saturated heterocycles. The van der Waals surface area contributed by atoms with E-state index in [0.29, 0.717) is 0 Å². The summed E-state index contributed by atoms with van der Waals surface area (Å²) in [6.45, 7) is 7.89. The Morgan fingerprint density at radius 3 is 2.80 bits per heavy atom. The van der Waals surface area contributed by atoms with E-state index in [4.69, 9.17) is 5.73 Å². The summed E-state index contributed by atoms with van der Waals surface area (Å²) in [7, 11) is 0. The molecule has 0 aliphatic heterocycles. The normalized spacial score (nSPS) is 10.9. The molecule has 0 radical (unpaired) electrons. The van der Waals surface area contributed by atoms with Crippen LogP contribution in [0.4, 0.5) is 5.95 Å². The van der Waals surface area contributed by atoms with Crippen LogP contribution in [-0.4, -0.2) is 24.6 Å². The number of fused-ring (bicyclic) bond motifs is 1. The third-order valence-corrected chi connectivity index (χ3v) is 3.07. The molecule has 3 aromatic heterocycles. The second-order valence-electron chi connectivity index (χ2n) is 4.61. The fourth-order valence-corrected chi connectivity index (χ4v) is 2.08. The number of rotatable bonds is 2. The van der Waals surface area contributed by atoms with E-state index in [9.17, 15) is 0 Å². The average Bonchev–Trinajstić information content (AvgIpc) is 2.77. The number of nitrogens with zero attached hydrogens (tertiary/aromatic N) is 5. The molecule has 3 heterocycles. The zero-order valence-corrected chi connectivity index (χ0v) is 11.3. The van der Waals surface area contributed by atoms with Crippen molar-refractivity contribution in [2.45, 2.75) is 13.8 Å². The van der Waals surface area contributed by atoms with E-state index in [1.165, 1.54) is 0 Å². The van der Waals surface area contributed by atoms with Crippen molar-refractivity contribution in [3.05, 3.63) is 53.8 Å². The molecule has 0 fully saturated rings. The molecule has 0 unspecified atom stereocenters. The van der Waals surface area contributed by atoms with Crippen LogP contribution in [0, 0.1) is 13.8 Å². The largest absolute Gasteiger partial charge is 0.368 e. The van der Waals surface area contributed by atoms with E-state index in [2.05, 4.69) is 26.6 Å². The first kappa shape index (κ1) is 12.3. The molecular formula is C14H14N6. The topological polar surface area (TPSA) is 82.0 Å². The highest BCUT2D eigenvalue weighted by Crippen LogP contribution is 2.22. The Hall–Kier alpha value is -2.76. The van der Waals surface area contributed by atoms with Crippen molar-refractivity contribution in [3.63, 3.8) is 0 Å². The molecule has 0 atom stereocenters. The van der Waals surface area contributed by atoms with Crippen molar-refractivity contribution in [3.8, 4) is 0 Å². The number of hydrogen-bond acceptors (Lipinski definition) is 5. The predicted octanol–water partition coefficient (Wildman–Crippen LogP) is 1.78. The Kier molecular flexibility index (Phi) is 2.71. The van der Waals surface area contributed by atoms with Gasteiger partial charge < -0.3 is 5.73 Å². The SMILES string of the molecule is C=C(c1ccc2nc(C)cn2n1)c1cnc(N)nc1C. The summed E-state index contributed by atoms with van der Waals surface area (Å²) in [6.07, 6.45) is 3.55. The highest BCUT2D eigenvalue weighted by Gasteiger charge is 2.10. The van der Waals surface area contributed by atoms with Gasteiger partial charge in [-0.3, -0.25) is 0 Å². The molecule has 3 rings (SSSR count). The molecular weight excluding hydrogens is 252 g/mol. The van der Waals surface area contributed by atoms with E-state index in [-0.39, 0.29) is 5.95 Å². The lowest BCUT2D eigenvalue weighted by Crippen LogP contribution is -2.02. The number of aromatic nitrogens is 5. The van der Waals surface area contributed by atoms with E-state index in [1.54, 1.807) is 10.7 Å². The van der Waals surface area contributed by atoms with Gasteiger partial charge in [-0.05, 0) is 26.0 Å². The fourth-order valence-electron chi connectivity index (χ4n) is 2.08. The molecule has 6 nitrogen and oxygen atoms in total. The zero-order chi connectivity index (χ0) is 14.3. The second-order valence-corrected chi connectivity index (χ2v) is 4.61. The van der Waals surface area contributed by atoms with Gasteiger partial charge in [0.05, 0.1) is 23.3 Å². The molecule has 0 aliphatic carbocycles. The first-order valence-corrected chi connectivity index (χ1v) is 6.16. The summed E-state index contributed by atoms with van der Waals surface area (Å²) in [6, 6.07) is 3.80. The maximum absolute atomic E-state index is 5.56. The van der Waals surface area contributed by atoms with Crippen LogP contribution >= 0.6 is 0 Å². The Morgan fingerprint density at radius 2 is 2.05 bits per heavy atom. The fraction of sp³-hybridized carbons (Fsp3) is 0.143. The van der Waals surface area contributed by atoms with Gasteiger partial charge in [0.1, 0.15) is 0 Å². The molecule has 0 aliphatic rings. The lowest BCUT2D eigenvalue weighted by Gasteiger charge is -2.08. The Balaban J connectivity index is 2.07. The minimum atomic E-state index is 0.257. The van der Waals surface area contributed by atoms with Crippen LogP contribution in [0.5, 0.6) is 0 Å². The van der Waals surface area contributed by atoms with Gasteiger partial charge in [-0.1, -0.05) is 6.58 Å². The van der Waals surface area contributed by atoms with Crippen LogP contribution in [0.3, 0.4) is 0 Å². The summed E-state index contributed by atoms with van der Waals surface area (Å²) in [5, 5.41) is 4.50. The molecule has 6 heteroatoms. The van der Waals surface area contributed by atoms with Crippen molar-refractivity contribution in [2.75, 3.05) is 5.73 Å². The first-order chi connectivity index (χ1) is 9.54. The summed E-state index contributed by atoms with van der Waals surface area (Å²) in [5.41, 5.74) is 10.4. The van der Waals surface area contributed by atoms with E-state index in [1.807, 2.05) is 32.2 Å². The Labute approximate surface area is 116 Å². The third-order valence-electron chi connectivity index (χ3n) is 3.07. The monoisotopic (exact) mass is 266 g/mol. The quantitative estimate of drug-likeness (QED) is 0.764. The van der Waals surface area contributed by atoms with E-state index >= 15 is 0 Å². The molecule has 100 valence electrons. The third kappa shape index (κ3) is 2.01. The number of nitrogens with two attached hydrogens (primary N) is 1. The minimum absolute atomic E-state index is 0.257. The molecule has 20 heavy (non-hydrogen) atoms. The molecule has 0 amide bonds. The average molecular weight is 266 g/mol. The molecule has 0 aromatic carbocycles. The highest BCUT2D eigenvalue weighted by atomic mass is 15.2. The summed E-state index contributed by atoms with van der Waals surface area (Å²) in [5.74, 6) is 0.257. The van der Waals surface area contributed by atoms with Crippen molar-refractivity contribution >= 4 is 17.2 Å². The molecule has 0 saturated carbocycles. The van der Waals surface area contributed by atoms with Gasteiger partial charge in [0.25, 0.3) is 0 Å². The number of imidazole rings is 1. The Bertz CT molecular complexity index is 818. The summed E-state index contributed by atoms with van der Waals surface area (Å²) in [4.78, 5) is 12.5. The summed E-state index contributed by atoms with van der Waals surface area (Å²) < 4.78 is 1.74. The Morgan fingerprint density at radius 1 is 1.25 bits per heavy atom. The number of nitrogen functional groups attached to an aromatic ring is 1. The molecule has 0 bridgehead atoms. The van der Waals surface area contributed by atoms with Crippen molar-refractivity contribution in [1.82, 2.24) is 24.6 Å². The highest BCUT2D eigenvalue weighted by molar-refractivity contribution is 5.77. The van der Waals surface area contributed by atoms with E-state index < -0.39 is 0 Å². The van der Waals surface area contributed by atoms with Gasteiger partial charge in [0, 0.05) is 17.3 Å². The second kappa shape index (κ2) is 4.41. The van der Waals surface area contributed by atoms with Crippen LogP contribution in [0.2, 0.25) is 0 Å². The molecule has 0 spiro atoms. The van der Waals surface area contributed by atoms with Crippen LogP contribution in [-0.2, 0) is 0 Å². The van der Waals surface area contributed by atoms with Gasteiger partial charge in [0.15, 0.2) is 5.65 Å².